The Labute approximate surface area is 219 Å². The van der Waals surface area contributed by atoms with Gasteiger partial charge in [-0.05, 0) is 27.0 Å². The van der Waals surface area contributed by atoms with Crippen LogP contribution in [0.5, 0.6) is 0 Å². The number of azide groups is 1. The van der Waals surface area contributed by atoms with Crippen molar-refractivity contribution in [1.29, 1.82) is 0 Å². The number of halogens is 1. The number of phosphoric ester groups is 1. The second-order valence-electron chi connectivity index (χ2n) is 8.29. The van der Waals surface area contributed by atoms with Gasteiger partial charge in [0.05, 0.1) is 12.3 Å². The van der Waals surface area contributed by atoms with Crippen molar-refractivity contribution < 1.29 is 32.8 Å². The molecule has 3 aromatic heterocycles. The van der Waals surface area contributed by atoms with Crippen LogP contribution in [-0.2, 0) is 27.9 Å². The lowest BCUT2D eigenvalue weighted by molar-refractivity contribution is -0.246. The summed E-state index contributed by atoms with van der Waals surface area (Å²) in [7, 11) is -4.70. The third kappa shape index (κ3) is 4.19. The van der Waals surface area contributed by atoms with E-state index < -0.39 is 57.0 Å². The molecule has 5 atom stereocenters. The fourth-order valence-corrected chi connectivity index (χ4v) is 5.91. The SMILES string of the molecule is [N-]=[N+]=NCC(=O)OC1[C@@H]2OP(=O)([O-])OCC2O[C@H]1n1c(Br)nc2c(=O)n3cc(-c4ccccc4)[nH]c3nc21. The van der Waals surface area contributed by atoms with Crippen LogP contribution in [0.1, 0.15) is 6.23 Å². The van der Waals surface area contributed by atoms with Crippen LogP contribution >= 0.6 is 23.8 Å². The number of nitrogens with zero attached hydrogens (tertiary/aromatic N) is 7. The molecule has 5 heterocycles. The monoisotopic (exact) mass is 605 g/mol. The molecule has 0 saturated carbocycles. The summed E-state index contributed by atoms with van der Waals surface area (Å²) in [6.07, 6.45) is -3.23. The number of ether oxygens (including phenoxy) is 2. The Kier molecular flexibility index (Phi) is 6.07. The molecule has 38 heavy (non-hydrogen) atoms. The molecule has 2 aliphatic heterocycles. The first kappa shape index (κ1) is 24.8. The van der Waals surface area contributed by atoms with Gasteiger partial charge in [0.2, 0.25) is 5.78 Å². The smallest absolute Gasteiger partial charge is 0.312 e. The molecule has 2 fully saturated rings. The summed E-state index contributed by atoms with van der Waals surface area (Å²) in [6.45, 7) is -1.05. The number of hydrogen-bond donors (Lipinski definition) is 1. The molecular weight excluding hydrogens is 591 g/mol. The van der Waals surface area contributed by atoms with Crippen LogP contribution in [0.3, 0.4) is 0 Å². The zero-order valence-electron chi connectivity index (χ0n) is 18.9. The van der Waals surface area contributed by atoms with E-state index in [-0.39, 0.29) is 21.7 Å². The van der Waals surface area contributed by atoms with E-state index in [4.69, 9.17) is 24.1 Å². The fourth-order valence-electron chi connectivity index (χ4n) is 4.42. The Morgan fingerprint density at radius 1 is 1.37 bits per heavy atom. The van der Waals surface area contributed by atoms with Gasteiger partial charge in [-0.3, -0.25) is 18.7 Å². The van der Waals surface area contributed by atoms with Crippen LogP contribution in [0.25, 0.3) is 38.6 Å². The van der Waals surface area contributed by atoms with Crippen LogP contribution in [0.4, 0.5) is 0 Å². The Bertz CT molecular complexity index is 1730. The minimum Gasteiger partial charge on any atom is -0.756 e. The summed E-state index contributed by atoms with van der Waals surface area (Å²) >= 11 is 3.30. The number of H-pyrrole nitrogens is 1. The summed E-state index contributed by atoms with van der Waals surface area (Å²) < 4.78 is 36.0. The number of aromatic nitrogens is 5. The molecule has 2 saturated heterocycles. The van der Waals surface area contributed by atoms with E-state index in [0.29, 0.717) is 5.69 Å². The average Bonchev–Trinajstić information content (AvgIpc) is 3.57. The lowest BCUT2D eigenvalue weighted by Crippen LogP contribution is -2.43. The van der Waals surface area contributed by atoms with E-state index >= 15 is 0 Å². The summed E-state index contributed by atoms with van der Waals surface area (Å²) in [5.41, 5.74) is 9.53. The highest BCUT2D eigenvalue weighted by Gasteiger charge is 2.53. The van der Waals surface area contributed by atoms with E-state index in [2.05, 4.69) is 40.9 Å². The molecule has 2 aliphatic rings. The van der Waals surface area contributed by atoms with Gasteiger partial charge in [0.25, 0.3) is 13.4 Å². The summed E-state index contributed by atoms with van der Waals surface area (Å²) in [5.74, 6) is -0.753. The molecule has 18 heteroatoms. The van der Waals surface area contributed by atoms with Crippen molar-refractivity contribution >= 4 is 46.7 Å². The Balaban J connectivity index is 1.47. The number of benzene rings is 1. The predicted molar refractivity (Wildman–Crippen MR) is 128 cm³/mol. The number of carbonyl (C=O) groups is 1. The minimum atomic E-state index is -4.70. The first-order chi connectivity index (χ1) is 18.3. The van der Waals surface area contributed by atoms with Crippen molar-refractivity contribution in [2.45, 2.75) is 24.5 Å². The molecule has 3 unspecified atom stereocenters. The first-order valence-corrected chi connectivity index (χ1v) is 13.2. The number of fused-ring (bicyclic) bond motifs is 3. The quantitative estimate of drug-likeness (QED) is 0.0869. The van der Waals surface area contributed by atoms with Gasteiger partial charge in [-0.1, -0.05) is 35.4 Å². The van der Waals surface area contributed by atoms with Crippen LogP contribution in [-0.4, -0.2) is 61.4 Å². The lowest BCUT2D eigenvalue weighted by Gasteiger charge is -2.35. The van der Waals surface area contributed by atoms with Gasteiger partial charge in [0.1, 0.15) is 18.8 Å². The van der Waals surface area contributed by atoms with Crippen LogP contribution in [0.2, 0.25) is 0 Å². The number of esters is 1. The van der Waals surface area contributed by atoms with Gasteiger partial charge in [-0.15, -0.1) is 0 Å². The second-order valence-corrected chi connectivity index (χ2v) is 10.4. The van der Waals surface area contributed by atoms with Crippen molar-refractivity contribution in [3.05, 3.63) is 62.1 Å². The highest BCUT2D eigenvalue weighted by atomic mass is 79.9. The molecule has 4 aromatic rings. The Hall–Kier alpha value is -3.56. The highest BCUT2D eigenvalue weighted by molar-refractivity contribution is 9.10. The van der Waals surface area contributed by atoms with Crippen LogP contribution in [0.15, 0.2) is 51.2 Å². The van der Waals surface area contributed by atoms with Crippen molar-refractivity contribution in [3.63, 3.8) is 0 Å². The summed E-state index contributed by atoms with van der Waals surface area (Å²) in [5, 5.41) is 3.17. The predicted octanol–water partition coefficient (Wildman–Crippen LogP) is 1.81. The minimum absolute atomic E-state index is 0.0303. The van der Waals surface area contributed by atoms with E-state index in [1.54, 1.807) is 6.20 Å². The van der Waals surface area contributed by atoms with E-state index in [1.807, 2.05) is 30.3 Å². The Morgan fingerprint density at radius 2 is 2.16 bits per heavy atom. The maximum atomic E-state index is 13.3. The van der Waals surface area contributed by atoms with Crippen LogP contribution < -0.4 is 10.5 Å². The number of hydrogen-bond acceptors (Lipinski definition) is 11. The number of aromatic amines is 1. The third-order valence-corrected chi connectivity index (χ3v) is 7.54. The van der Waals surface area contributed by atoms with E-state index in [0.717, 1.165) is 5.56 Å². The maximum absolute atomic E-state index is 13.3. The fraction of sp³-hybridized carbons (Fsp3) is 0.300. The van der Waals surface area contributed by atoms with E-state index in [1.165, 1.54) is 8.97 Å². The number of carbonyl (C=O) groups excluding carboxylic acids is 1. The van der Waals surface area contributed by atoms with Crippen LogP contribution in [0, 0.1) is 0 Å². The summed E-state index contributed by atoms with van der Waals surface area (Å²) in [4.78, 5) is 52.2. The van der Waals surface area contributed by atoms with Gasteiger partial charge < -0.3 is 28.4 Å². The molecule has 0 spiro atoms. The van der Waals surface area contributed by atoms with Crippen molar-refractivity contribution in [1.82, 2.24) is 23.9 Å². The largest absolute Gasteiger partial charge is 0.756 e. The van der Waals surface area contributed by atoms with Gasteiger partial charge in [0, 0.05) is 11.1 Å². The number of rotatable bonds is 5. The normalized spacial score (nSPS) is 26.8. The standard InChI is InChI=1S/C20H16BrN8O8P/c21-19-25-13-16(26-20-24-10(7-28(20)17(13)31)9-4-2-1-3-5-9)29(19)18-15(36-12(30)6-23-27-22)14-11(35-18)8-34-38(32,33)37-14/h1-5,7,11,14-15,18H,6,8H2,(H,24,26)(H,32,33)/p-1/t11?,14-,15?,18-/m1/s1. The topological polar surface area (TPSA) is 211 Å². The van der Waals surface area contributed by atoms with E-state index in [9.17, 15) is 19.0 Å². The average molecular weight is 606 g/mol. The molecule has 6 rings (SSSR count). The molecule has 1 N–H and O–H groups in total. The van der Waals surface area contributed by atoms with Crippen molar-refractivity contribution in [2.24, 2.45) is 5.11 Å². The van der Waals surface area contributed by atoms with Gasteiger partial charge in [-0.2, -0.15) is 4.98 Å². The number of phosphoric acid groups is 1. The molecule has 196 valence electrons. The van der Waals surface area contributed by atoms with Crippen molar-refractivity contribution in [2.75, 3.05) is 13.2 Å². The first-order valence-electron chi connectivity index (χ1n) is 11.0. The molecule has 0 radical (unpaired) electrons. The zero-order valence-corrected chi connectivity index (χ0v) is 21.4. The molecule has 0 bridgehead atoms. The number of nitrogens with one attached hydrogen (secondary N) is 1. The summed E-state index contributed by atoms with van der Waals surface area (Å²) in [6, 6.07) is 9.31. The maximum Gasteiger partial charge on any atom is 0.312 e. The molecule has 0 amide bonds. The molecule has 0 aliphatic carbocycles. The highest BCUT2D eigenvalue weighted by Crippen LogP contribution is 2.50. The lowest BCUT2D eigenvalue weighted by atomic mass is 10.1. The van der Waals surface area contributed by atoms with Gasteiger partial charge in [-0.25, -0.2) is 9.38 Å². The van der Waals surface area contributed by atoms with Crippen molar-refractivity contribution in [3.8, 4) is 11.3 Å². The molecular formula is C20H15BrN8O8P-. The van der Waals surface area contributed by atoms with Gasteiger partial charge in [0.15, 0.2) is 28.2 Å². The molecule has 16 nitrogen and oxygen atoms in total. The molecule has 1 aromatic carbocycles. The number of imidazole rings is 2. The van der Waals surface area contributed by atoms with Gasteiger partial charge >= 0.3 is 5.97 Å². The third-order valence-electron chi connectivity index (χ3n) is 6.01. The Morgan fingerprint density at radius 3 is 2.92 bits per heavy atom. The second kappa shape index (κ2) is 9.32. The zero-order chi connectivity index (χ0) is 26.6.